The Morgan fingerprint density at radius 1 is 1.44 bits per heavy atom. The van der Waals surface area contributed by atoms with Gasteiger partial charge >= 0.3 is 0 Å². The number of hydrogen-bond donors (Lipinski definition) is 2. The Kier molecular flexibility index (Phi) is 7.41. The SMILES string of the molecule is CCN(CC)CCNC(CO)c1cc(Br)c(C)s1. The van der Waals surface area contributed by atoms with Crippen LogP contribution in [0.5, 0.6) is 0 Å². The van der Waals surface area contributed by atoms with Crippen LogP contribution in [0, 0.1) is 6.92 Å². The average molecular weight is 335 g/mol. The van der Waals surface area contributed by atoms with Crippen LogP contribution in [0.1, 0.15) is 29.6 Å². The van der Waals surface area contributed by atoms with Crippen molar-refractivity contribution in [3.8, 4) is 0 Å². The fourth-order valence-corrected chi connectivity index (χ4v) is 3.47. The summed E-state index contributed by atoms with van der Waals surface area (Å²) in [6.07, 6.45) is 0. The highest BCUT2D eigenvalue weighted by atomic mass is 79.9. The molecule has 1 heterocycles. The summed E-state index contributed by atoms with van der Waals surface area (Å²) in [5, 5.41) is 12.9. The van der Waals surface area contributed by atoms with Crippen molar-refractivity contribution >= 4 is 27.3 Å². The highest BCUT2D eigenvalue weighted by Crippen LogP contribution is 2.30. The molecule has 0 amide bonds. The Bertz CT molecular complexity index is 333. The molecule has 18 heavy (non-hydrogen) atoms. The van der Waals surface area contributed by atoms with Crippen LogP contribution < -0.4 is 5.32 Å². The Morgan fingerprint density at radius 2 is 2.11 bits per heavy atom. The molecule has 0 saturated heterocycles. The number of rotatable bonds is 8. The first kappa shape index (κ1) is 16.1. The smallest absolute Gasteiger partial charge is 0.0650 e. The molecule has 0 aliphatic carbocycles. The van der Waals surface area contributed by atoms with E-state index >= 15 is 0 Å². The lowest BCUT2D eigenvalue weighted by Gasteiger charge is -2.20. The second-order valence-electron chi connectivity index (χ2n) is 4.27. The Hall–Kier alpha value is 0.0600. The summed E-state index contributed by atoms with van der Waals surface area (Å²) >= 11 is 5.25. The van der Waals surface area contributed by atoms with Crippen LogP contribution in [0.15, 0.2) is 10.5 Å². The summed E-state index contributed by atoms with van der Waals surface area (Å²) < 4.78 is 1.13. The van der Waals surface area contributed by atoms with Crippen LogP contribution in [-0.4, -0.2) is 42.8 Å². The maximum absolute atomic E-state index is 9.47. The molecule has 1 rings (SSSR count). The van der Waals surface area contributed by atoms with Gasteiger partial charge in [0.2, 0.25) is 0 Å². The molecule has 0 fully saturated rings. The minimum absolute atomic E-state index is 0.0514. The van der Waals surface area contributed by atoms with E-state index in [1.165, 1.54) is 9.75 Å². The number of likely N-dealkylation sites (N-methyl/N-ethyl adjacent to an activating group) is 1. The molecular formula is C13H23BrN2OS. The highest BCUT2D eigenvalue weighted by molar-refractivity contribution is 9.10. The molecule has 0 aliphatic rings. The van der Waals surface area contributed by atoms with Gasteiger partial charge in [-0.25, -0.2) is 0 Å². The number of nitrogens with zero attached hydrogens (tertiary/aromatic N) is 1. The zero-order valence-electron chi connectivity index (χ0n) is 11.4. The molecule has 1 atom stereocenters. The molecule has 2 N–H and O–H groups in total. The minimum atomic E-state index is 0.0514. The Morgan fingerprint density at radius 3 is 2.56 bits per heavy atom. The lowest BCUT2D eigenvalue weighted by molar-refractivity contribution is 0.235. The Balaban J connectivity index is 2.47. The van der Waals surface area contributed by atoms with Gasteiger partial charge in [-0.1, -0.05) is 13.8 Å². The molecule has 1 aromatic heterocycles. The van der Waals surface area contributed by atoms with E-state index < -0.39 is 0 Å². The number of aliphatic hydroxyl groups excluding tert-OH is 1. The third kappa shape index (κ3) is 4.63. The molecule has 0 bridgehead atoms. The first-order valence-corrected chi connectivity index (χ1v) is 8.05. The van der Waals surface area contributed by atoms with Gasteiger partial charge in [-0.3, -0.25) is 0 Å². The van der Waals surface area contributed by atoms with Gasteiger partial charge in [-0.2, -0.15) is 0 Å². The highest BCUT2D eigenvalue weighted by Gasteiger charge is 2.14. The van der Waals surface area contributed by atoms with Gasteiger partial charge < -0.3 is 15.3 Å². The van der Waals surface area contributed by atoms with E-state index in [-0.39, 0.29) is 12.6 Å². The van der Waals surface area contributed by atoms with Crippen molar-refractivity contribution in [1.82, 2.24) is 10.2 Å². The molecule has 3 nitrogen and oxygen atoms in total. The molecule has 104 valence electrons. The first-order valence-electron chi connectivity index (χ1n) is 6.44. The van der Waals surface area contributed by atoms with E-state index in [1.807, 2.05) is 0 Å². The largest absolute Gasteiger partial charge is 0.394 e. The normalized spacial score (nSPS) is 13.2. The maximum atomic E-state index is 9.47. The number of aliphatic hydroxyl groups is 1. The molecular weight excluding hydrogens is 312 g/mol. The van der Waals surface area contributed by atoms with E-state index in [9.17, 15) is 5.11 Å². The van der Waals surface area contributed by atoms with Gasteiger partial charge in [0.15, 0.2) is 0 Å². The summed E-state index contributed by atoms with van der Waals surface area (Å²) in [5.41, 5.74) is 0. The zero-order chi connectivity index (χ0) is 13.5. The van der Waals surface area contributed by atoms with Gasteiger partial charge in [-0.05, 0) is 42.0 Å². The topological polar surface area (TPSA) is 35.5 Å². The zero-order valence-corrected chi connectivity index (χ0v) is 13.8. The second-order valence-corrected chi connectivity index (χ2v) is 6.41. The monoisotopic (exact) mass is 334 g/mol. The predicted molar refractivity (Wildman–Crippen MR) is 82.4 cm³/mol. The standard InChI is InChI=1S/C13H23BrN2OS/c1-4-16(5-2)7-6-15-12(9-17)13-8-11(14)10(3)18-13/h8,12,15,17H,4-7,9H2,1-3H3. The van der Waals surface area contributed by atoms with Crippen LogP contribution in [0.25, 0.3) is 0 Å². The summed E-state index contributed by atoms with van der Waals surface area (Å²) in [6.45, 7) is 10.7. The van der Waals surface area contributed by atoms with Crippen molar-refractivity contribution in [2.45, 2.75) is 26.8 Å². The summed E-state index contributed by atoms with van der Waals surface area (Å²) in [5.74, 6) is 0. The van der Waals surface area contributed by atoms with Crippen molar-refractivity contribution in [2.24, 2.45) is 0 Å². The quantitative estimate of drug-likeness (QED) is 0.767. The van der Waals surface area contributed by atoms with Gasteiger partial charge in [-0.15, -0.1) is 11.3 Å². The van der Waals surface area contributed by atoms with Crippen molar-refractivity contribution in [2.75, 3.05) is 32.8 Å². The molecule has 1 unspecified atom stereocenters. The van der Waals surface area contributed by atoms with E-state index in [2.05, 4.69) is 53.0 Å². The number of aryl methyl sites for hydroxylation is 1. The van der Waals surface area contributed by atoms with E-state index in [1.54, 1.807) is 11.3 Å². The average Bonchev–Trinajstić information content (AvgIpc) is 2.70. The number of thiophene rings is 1. The summed E-state index contributed by atoms with van der Waals surface area (Å²) in [4.78, 5) is 4.83. The molecule has 1 aromatic rings. The fraction of sp³-hybridized carbons (Fsp3) is 0.692. The molecule has 0 aromatic carbocycles. The molecule has 5 heteroatoms. The van der Waals surface area contributed by atoms with Crippen LogP contribution in [0.2, 0.25) is 0 Å². The van der Waals surface area contributed by atoms with Crippen LogP contribution in [0.3, 0.4) is 0 Å². The van der Waals surface area contributed by atoms with Gasteiger partial charge in [0.05, 0.1) is 12.6 Å². The fourth-order valence-electron chi connectivity index (χ4n) is 1.85. The lowest BCUT2D eigenvalue weighted by atomic mass is 10.2. The van der Waals surface area contributed by atoms with Gasteiger partial charge in [0.25, 0.3) is 0 Å². The summed E-state index contributed by atoms with van der Waals surface area (Å²) in [7, 11) is 0. The van der Waals surface area contributed by atoms with Crippen LogP contribution >= 0.6 is 27.3 Å². The predicted octanol–water partition coefficient (Wildman–Crippen LogP) is 2.78. The second kappa shape index (κ2) is 8.27. The number of nitrogens with one attached hydrogen (secondary N) is 1. The minimum Gasteiger partial charge on any atom is -0.394 e. The summed E-state index contributed by atoms with van der Waals surface area (Å²) in [6, 6.07) is 2.15. The third-order valence-corrected chi connectivity index (χ3v) is 5.37. The number of halogens is 1. The van der Waals surface area contributed by atoms with Gasteiger partial charge in [0, 0.05) is 27.3 Å². The first-order chi connectivity index (χ1) is 8.62. The van der Waals surface area contributed by atoms with Crippen molar-refractivity contribution in [3.05, 3.63) is 20.3 Å². The van der Waals surface area contributed by atoms with Gasteiger partial charge in [0.1, 0.15) is 0 Å². The van der Waals surface area contributed by atoms with Crippen molar-refractivity contribution in [3.63, 3.8) is 0 Å². The lowest BCUT2D eigenvalue weighted by Crippen LogP contribution is -2.34. The van der Waals surface area contributed by atoms with E-state index in [0.29, 0.717) is 0 Å². The maximum Gasteiger partial charge on any atom is 0.0650 e. The van der Waals surface area contributed by atoms with E-state index in [4.69, 9.17) is 0 Å². The Labute approximate surface area is 122 Å². The number of hydrogen-bond acceptors (Lipinski definition) is 4. The van der Waals surface area contributed by atoms with Crippen molar-refractivity contribution < 1.29 is 5.11 Å². The van der Waals surface area contributed by atoms with Crippen LogP contribution in [0.4, 0.5) is 0 Å². The van der Waals surface area contributed by atoms with Crippen molar-refractivity contribution in [1.29, 1.82) is 0 Å². The molecule has 0 radical (unpaired) electrons. The third-order valence-electron chi connectivity index (χ3n) is 3.12. The molecule has 0 saturated carbocycles. The van der Waals surface area contributed by atoms with E-state index in [0.717, 1.165) is 30.7 Å². The molecule has 0 spiro atoms. The molecule has 0 aliphatic heterocycles. The van der Waals surface area contributed by atoms with Crippen LogP contribution in [-0.2, 0) is 0 Å².